The zero-order valence-electron chi connectivity index (χ0n) is 17.7. The molecule has 3 aromatic rings. The second-order valence-electron chi connectivity index (χ2n) is 9.30. The molecule has 1 aromatic heterocycles. The van der Waals surface area contributed by atoms with E-state index < -0.39 is 0 Å². The Morgan fingerprint density at radius 3 is 2.62 bits per heavy atom. The first-order chi connectivity index (χ1) is 15.6. The third kappa shape index (κ3) is 3.63. The Bertz CT molecular complexity index is 1210. The molecule has 2 atom stereocenters. The highest BCUT2D eigenvalue weighted by atomic mass is 35.5. The summed E-state index contributed by atoms with van der Waals surface area (Å²) < 4.78 is 14.4. The SMILES string of the molecule is Fc1cc(Cl)cc2c(C3=NC(NC4CC5CCC4CC5)C=C(c4ccccc4)N3)c[nH]c12. The van der Waals surface area contributed by atoms with E-state index >= 15 is 0 Å². The molecule has 4 nitrogen and oxygen atoms in total. The smallest absolute Gasteiger partial charge is 0.148 e. The van der Waals surface area contributed by atoms with Crippen LogP contribution in [0.1, 0.15) is 43.2 Å². The fourth-order valence-corrected chi connectivity index (χ4v) is 5.90. The number of aliphatic imine (C=N–C) groups is 1. The van der Waals surface area contributed by atoms with Crippen molar-refractivity contribution in [2.45, 2.75) is 44.3 Å². The first kappa shape index (κ1) is 20.0. The Balaban J connectivity index is 1.38. The van der Waals surface area contributed by atoms with Gasteiger partial charge in [0.15, 0.2) is 0 Å². The van der Waals surface area contributed by atoms with Gasteiger partial charge in [0.1, 0.15) is 17.8 Å². The number of aromatic amines is 1. The van der Waals surface area contributed by atoms with E-state index in [0.29, 0.717) is 16.6 Å². The van der Waals surface area contributed by atoms with Crippen molar-refractivity contribution in [1.82, 2.24) is 15.6 Å². The number of hydrogen-bond acceptors (Lipinski definition) is 3. The van der Waals surface area contributed by atoms with Crippen LogP contribution in [0, 0.1) is 17.7 Å². The molecule has 32 heavy (non-hydrogen) atoms. The molecule has 0 spiro atoms. The largest absolute Gasteiger partial charge is 0.358 e. The molecule has 1 aliphatic heterocycles. The zero-order valence-corrected chi connectivity index (χ0v) is 18.5. The van der Waals surface area contributed by atoms with Gasteiger partial charge in [-0.25, -0.2) is 9.38 Å². The summed E-state index contributed by atoms with van der Waals surface area (Å²) in [4.78, 5) is 8.08. The first-order valence-electron chi connectivity index (χ1n) is 11.5. The van der Waals surface area contributed by atoms with E-state index in [2.05, 4.69) is 33.8 Å². The number of rotatable bonds is 4. The van der Waals surface area contributed by atoms with Crippen LogP contribution in [0.2, 0.25) is 5.02 Å². The number of halogens is 2. The summed E-state index contributed by atoms with van der Waals surface area (Å²) in [6.45, 7) is 0. The van der Waals surface area contributed by atoms with Crippen molar-refractivity contribution in [3.05, 3.63) is 76.7 Å². The molecule has 2 heterocycles. The first-order valence-corrected chi connectivity index (χ1v) is 11.9. The summed E-state index contributed by atoms with van der Waals surface area (Å²) in [6, 6.07) is 13.9. The lowest BCUT2D eigenvalue weighted by molar-refractivity contribution is 0.120. The van der Waals surface area contributed by atoms with Crippen LogP contribution in [0.15, 0.2) is 59.7 Å². The molecule has 6 heteroatoms. The van der Waals surface area contributed by atoms with Crippen molar-refractivity contribution in [3.63, 3.8) is 0 Å². The molecule has 3 N–H and O–H groups in total. The van der Waals surface area contributed by atoms with Crippen molar-refractivity contribution in [1.29, 1.82) is 0 Å². The molecule has 2 aromatic carbocycles. The summed E-state index contributed by atoms with van der Waals surface area (Å²) >= 11 is 6.17. The normalized spacial score (nSPS) is 27.2. The number of fused-ring (bicyclic) bond motifs is 4. The molecule has 2 bridgehead atoms. The second kappa shape index (κ2) is 8.05. The van der Waals surface area contributed by atoms with Crippen LogP contribution in [0.25, 0.3) is 16.6 Å². The Morgan fingerprint density at radius 2 is 1.88 bits per heavy atom. The number of amidine groups is 1. The average Bonchev–Trinajstić information content (AvgIpc) is 3.24. The number of aromatic nitrogens is 1. The standard InChI is InChI=1S/C26H26ClFN4/c27-18-11-19-20(14-29-25(19)21(28)12-18)26-31-23(16-4-2-1-3-5-16)13-24(32-26)30-22-10-15-6-8-17(22)9-7-15/h1-5,11-15,17,22,24,29-30H,6-10H2,(H,31,32). The van der Waals surface area contributed by atoms with Gasteiger partial charge in [-0.1, -0.05) is 54.8 Å². The van der Waals surface area contributed by atoms with Crippen LogP contribution in [-0.2, 0) is 0 Å². The van der Waals surface area contributed by atoms with Crippen molar-refractivity contribution < 1.29 is 4.39 Å². The predicted molar refractivity (Wildman–Crippen MR) is 128 cm³/mol. The average molecular weight is 449 g/mol. The van der Waals surface area contributed by atoms with Crippen LogP contribution >= 0.6 is 11.6 Å². The third-order valence-corrected chi connectivity index (χ3v) is 7.54. The zero-order chi connectivity index (χ0) is 21.7. The molecular weight excluding hydrogens is 423 g/mol. The monoisotopic (exact) mass is 448 g/mol. The van der Waals surface area contributed by atoms with Gasteiger partial charge in [-0.15, -0.1) is 0 Å². The lowest BCUT2D eigenvalue weighted by Crippen LogP contribution is -2.49. The minimum atomic E-state index is -0.359. The Hall–Kier alpha value is -2.63. The molecule has 2 unspecified atom stereocenters. The van der Waals surface area contributed by atoms with Gasteiger partial charge in [0.2, 0.25) is 0 Å². The highest BCUT2D eigenvalue weighted by Gasteiger charge is 2.36. The minimum absolute atomic E-state index is 0.139. The van der Waals surface area contributed by atoms with Gasteiger partial charge >= 0.3 is 0 Å². The van der Waals surface area contributed by atoms with Gasteiger partial charge in [0.25, 0.3) is 0 Å². The van der Waals surface area contributed by atoms with Gasteiger partial charge in [-0.2, -0.15) is 0 Å². The molecule has 3 fully saturated rings. The number of hydrogen-bond donors (Lipinski definition) is 3. The summed E-state index contributed by atoms with van der Waals surface area (Å²) in [7, 11) is 0. The maximum atomic E-state index is 14.4. The summed E-state index contributed by atoms with van der Waals surface area (Å²) in [5, 5.41) is 8.43. The molecule has 3 aliphatic carbocycles. The van der Waals surface area contributed by atoms with E-state index in [-0.39, 0.29) is 12.0 Å². The topological polar surface area (TPSA) is 52.2 Å². The number of nitrogens with zero attached hydrogens (tertiary/aromatic N) is 1. The van der Waals surface area contributed by atoms with E-state index in [1.165, 1.54) is 38.2 Å². The van der Waals surface area contributed by atoms with Gasteiger partial charge < -0.3 is 10.3 Å². The Kier molecular flexibility index (Phi) is 5.04. The Morgan fingerprint density at radius 1 is 1.06 bits per heavy atom. The van der Waals surface area contributed by atoms with Gasteiger partial charge in [-0.3, -0.25) is 5.32 Å². The minimum Gasteiger partial charge on any atom is -0.358 e. The van der Waals surface area contributed by atoms with Crippen LogP contribution in [0.5, 0.6) is 0 Å². The van der Waals surface area contributed by atoms with Crippen LogP contribution in [0.4, 0.5) is 4.39 Å². The summed E-state index contributed by atoms with van der Waals surface area (Å²) in [5.41, 5.74) is 3.37. The van der Waals surface area contributed by atoms with Gasteiger partial charge in [0.05, 0.1) is 5.52 Å². The van der Waals surface area contributed by atoms with Gasteiger partial charge in [0, 0.05) is 33.9 Å². The number of benzene rings is 2. The molecule has 0 amide bonds. The van der Waals surface area contributed by atoms with Crippen molar-refractivity contribution in [3.8, 4) is 0 Å². The van der Waals surface area contributed by atoms with Crippen LogP contribution < -0.4 is 10.6 Å². The molecule has 0 saturated heterocycles. The van der Waals surface area contributed by atoms with Gasteiger partial charge in [-0.05, 0) is 54.9 Å². The lowest BCUT2D eigenvalue weighted by atomic mass is 9.68. The molecular formula is C26H26ClFN4. The third-order valence-electron chi connectivity index (χ3n) is 7.32. The lowest BCUT2D eigenvalue weighted by Gasteiger charge is -2.43. The fourth-order valence-electron chi connectivity index (χ4n) is 5.70. The molecule has 3 saturated carbocycles. The van der Waals surface area contributed by atoms with E-state index in [0.717, 1.165) is 39.9 Å². The summed E-state index contributed by atoms with van der Waals surface area (Å²) in [5.74, 6) is 1.95. The summed E-state index contributed by atoms with van der Waals surface area (Å²) in [6.07, 6.45) is 10.5. The fraction of sp³-hybridized carbons (Fsp3) is 0.346. The van der Waals surface area contributed by atoms with Crippen molar-refractivity contribution in [2.75, 3.05) is 0 Å². The highest BCUT2D eigenvalue weighted by Crippen LogP contribution is 2.41. The second-order valence-corrected chi connectivity index (χ2v) is 9.73. The quantitative estimate of drug-likeness (QED) is 0.469. The van der Waals surface area contributed by atoms with E-state index in [9.17, 15) is 4.39 Å². The van der Waals surface area contributed by atoms with Crippen molar-refractivity contribution in [2.24, 2.45) is 16.8 Å². The number of H-pyrrole nitrogens is 1. The molecule has 7 rings (SSSR count). The van der Waals surface area contributed by atoms with E-state index in [1.54, 1.807) is 6.07 Å². The molecule has 164 valence electrons. The predicted octanol–water partition coefficient (Wildman–Crippen LogP) is 5.85. The maximum Gasteiger partial charge on any atom is 0.148 e. The molecule has 0 radical (unpaired) electrons. The van der Waals surface area contributed by atoms with E-state index in [1.807, 2.05) is 24.4 Å². The number of nitrogens with one attached hydrogen (secondary N) is 3. The van der Waals surface area contributed by atoms with E-state index in [4.69, 9.17) is 16.6 Å². The van der Waals surface area contributed by atoms with Crippen LogP contribution in [-0.4, -0.2) is 23.0 Å². The Labute approximate surface area is 192 Å². The molecule has 4 aliphatic rings. The highest BCUT2D eigenvalue weighted by molar-refractivity contribution is 6.31. The maximum absolute atomic E-state index is 14.4. The van der Waals surface area contributed by atoms with Crippen molar-refractivity contribution >= 4 is 34.0 Å². The van der Waals surface area contributed by atoms with Crippen LogP contribution in [0.3, 0.4) is 0 Å².